The maximum Gasteiger partial charge on any atom is 0.322 e. The van der Waals surface area contributed by atoms with Crippen LogP contribution in [0.3, 0.4) is 0 Å². The highest BCUT2D eigenvalue weighted by Crippen LogP contribution is 2.34. The second kappa shape index (κ2) is 11.3. The van der Waals surface area contributed by atoms with E-state index < -0.39 is 0 Å². The molecule has 9 nitrogen and oxygen atoms in total. The molecular weight excluding hydrogens is 492 g/mol. The summed E-state index contributed by atoms with van der Waals surface area (Å²) in [6.07, 6.45) is 6.46. The van der Waals surface area contributed by atoms with Gasteiger partial charge in [0.15, 0.2) is 0 Å². The van der Waals surface area contributed by atoms with Crippen molar-refractivity contribution in [3.05, 3.63) is 71.7 Å². The second-order valence-electron chi connectivity index (χ2n) is 11.0. The Morgan fingerprint density at radius 1 is 1.10 bits per heavy atom. The minimum absolute atomic E-state index is 0.0743. The number of anilines is 3. The number of hydrogen-bond acceptors (Lipinski definition) is 6. The fraction of sp³-hybridized carbons (Fsp3) is 0.400. The topological polar surface area (TPSA) is 111 Å². The van der Waals surface area contributed by atoms with E-state index in [1.807, 2.05) is 23.1 Å². The summed E-state index contributed by atoms with van der Waals surface area (Å²) in [4.78, 5) is 37.3. The Morgan fingerprint density at radius 2 is 1.90 bits per heavy atom. The maximum atomic E-state index is 13.0. The quantitative estimate of drug-likeness (QED) is 0.288. The van der Waals surface area contributed by atoms with Gasteiger partial charge in [-0.2, -0.15) is 0 Å². The molecule has 5 rings (SSSR count). The van der Waals surface area contributed by atoms with Crippen LogP contribution in [0.25, 0.3) is 0 Å². The molecule has 0 unspecified atom stereocenters. The largest absolute Gasteiger partial charge is 0.508 e. The highest BCUT2D eigenvalue weighted by Gasteiger charge is 2.31. The number of aryl methyl sites for hydroxylation is 1. The first kappa shape index (κ1) is 26.5. The number of benzene rings is 2. The van der Waals surface area contributed by atoms with Gasteiger partial charge in [0, 0.05) is 48.8 Å². The minimum atomic E-state index is -0.151. The molecule has 2 aliphatic heterocycles. The number of carbonyl (C=O) groups is 2. The molecule has 2 aromatic carbocycles. The molecule has 0 bridgehead atoms. The summed E-state index contributed by atoms with van der Waals surface area (Å²) >= 11 is 0. The van der Waals surface area contributed by atoms with E-state index in [2.05, 4.69) is 51.5 Å². The number of amides is 3. The maximum absolute atomic E-state index is 13.0. The van der Waals surface area contributed by atoms with Crippen LogP contribution in [0, 0.1) is 0 Å². The molecule has 0 aliphatic carbocycles. The Balaban J connectivity index is 1.19. The predicted octanol–water partition coefficient (Wildman–Crippen LogP) is 4.72. The van der Waals surface area contributed by atoms with Gasteiger partial charge < -0.3 is 25.5 Å². The lowest BCUT2D eigenvalue weighted by Crippen LogP contribution is -2.49. The van der Waals surface area contributed by atoms with Crippen molar-refractivity contribution in [3.8, 4) is 5.75 Å². The lowest BCUT2D eigenvalue weighted by molar-refractivity contribution is -0.105. The number of piperidine rings is 1. The smallest absolute Gasteiger partial charge is 0.322 e. The van der Waals surface area contributed by atoms with Gasteiger partial charge in [-0.1, -0.05) is 32.0 Å². The molecule has 3 aromatic rings. The molecule has 1 saturated heterocycles. The lowest BCUT2D eigenvalue weighted by Gasteiger charge is -2.38. The number of aromatic nitrogens is 2. The summed E-state index contributed by atoms with van der Waals surface area (Å²) in [5.74, 6) is 1.14. The van der Waals surface area contributed by atoms with Crippen LogP contribution in [0.15, 0.2) is 54.9 Å². The SMILES string of the molecule is CC(C)(CCc1cc(N2CCC(N3CCc4cc(O)ccc4NC3=O)CC2)ncn1)c1ccccc1NC=O. The first-order valence-electron chi connectivity index (χ1n) is 13.6. The Labute approximate surface area is 229 Å². The first-order chi connectivity index (χ1) is 18.8. The molecule has 3 heterocycles. The standard InChI is InChI=1S/C30H36N6O3/c1-30(2,25-5-3-4-6-27(25)33-20-37)13-9-22-18-28(32-19-31-22)35-14-11-23(12-15-35)36-16-10-21-17-24(38)7-8-26(21)34-29(36)39/h3-8,17-20,23,38H,9-16H2,1-2H3,(H,33,37)(H,34,39). The van der Waals surface area contributed by atoms with Gasteiger partial charge in [-0.05, 0) is 72.9 Å². The second-order valence-corrected chi connectivity index (χ2v) is 11.0. The normalized spacial score (nSPS) is 16.3. The average molecular weight is 529 g/mol. The van der Waals surface area contributed by atoms with E-state index in [-0.39, 0.29) is 23.2 Å². The van der Waals surface area contributed by atoms with Crippen LogP contribution in [0.4, 0.5) is 22.0 Å². The van der Waals surface area contributed by atoms with Crippen LogP contribution in [-0.4, -0.2) is 58.1 Å². The fourth-order valence-electron chi connectivity index (χ4n) is 5.73. The molecule has 3 N–H and O–H groups in total. The molecule has 1 aromatic heterocycles. The number of rotatable bonds is 8. The number of nitrogens with zero attached hydrogens (tertiary/aromatic N) is 4. The highest BCUT2D eigenvalue weighted by atomic mass is 16.3. The summed E-state index contributed by atoms with van der Waals surface area (Å²) in [5, 5.41) is 15.7. The zero-order valence-electron chi connectivity index (χ0n) is 22.6. The minimum Gasteiger partial charge on any atom is -0.508 e. The van der Waals surface area contributed by atoms with Gasteiger partial charge in [-0.3, -0.25) is 4.79 Å². The third-order valence-corrected chi connectivity index (χ3v) is 8.03. The van der Waals surface area contributed by atoms with Crippen molar-refractivity contribution in [1.82, 2.24) is 14.9 Å². The number of fused-ring (bicyclic) bond motifs is 1. The Hall–Kier alpha value is -4.14. The van der Waals surface area contributed by atoms with Crippen LogP contribution >= 0.6 is 0 Å². The number of phenolic OH excluding ortho intramolecular Hbond substituents is 1. The molecule has 0 spiro atoms. The predicted molar refractivity (Wildman–Crippen MR) is 152 cm³/mol. The van der Waals surface area contributed by atoms with Gasteiger partial charge in [0.05, 0.1) is 0 Å². The van der Waals surface area contributed by atoms with Gasteiger partial charge in [0.1, 0.15) is 17.9 Å². The molecule has 0 radical (unpaired) electrons. The van der Waals surface area contributed by atoms with Gasteiger partial charge in [-0.25, -0.2) is 14.8 Å². The molecule has 1 fully saturated rings. The van der Waals surface area contributed by atoms with Crippen molar-refractivity contribution < 1.29 is 14.7 Å². The van der Waals surface area contributed by atoms with Crippen molar-refractivity contribution in [2.45, 2.75) is 57.4 Å². The summed E-state index contributed by atoms with van der Waals surface area (Å²) in [5.41, 5.74) is 4.52. The average Bonchev–Trinajstić information content (AvgIpc) is 3.10. The van der Waals surface area contributed by atoms with E-state index in [1.54, 1.807) is 24.5 Å². The zero-order valence-corrected chi connectivity index (χ0v) is 22.6. The molecule has 0 saturated carbocycles. The van der Waals surface area contributed by atoms with Gasteiger partial charge in [-0.15, -0.1) is 0 Å². The number of urea groups is 1. The zero-order chi connectivity index (χ0) is 27.4. The van der Waals surface area contributed by atoms with Gasteiger partial charge in [0.2, 0.25) is 6.41 Å². The van der Waals surface area contributed by atoms with Crippen molar-refractivity contribution in [1.29, 1.82) is 0 Å². The van der Waals surface area contributed by atoms with Crippen LogP contribution in [0.2, 0.25) is 0 Å². The van der Waals surface area contributed by atoms with E-state index in [9.17, 15) is 14.7 Å². The fourth-order valence-corrected chi connectivity index (χ4v) is 5.73. The third kappa shape index (κ3) is 5.97. The van der Waals surface area contributed by atoms with Gasteiger partial charge in [0.25, 0.3) is 0 Å². The third-order valence-electron chi connectivity index (χ3n) is 8.03. The number of hydrogen-bond donors (Lipinski definition) is 3. The van der Waals surface area contributed by atoms with E-state index >= 15 is 0 Å². The molecule has 9 heteroatoms. The highest BCUT2D eigenvalue weighted by molar-refractivity contribution is 5.91. The van der Waals surface area contributed by atoms with Crippen molar-refractivity contribution >= 4 is 29.6 Å². The van der Waals surface area contributed by atoms with Crippen molar-refractivity contribution in [3.63, 3.8) is 0 Å². The molecule has 204 valence electrons. The van der Waals surface area contributed by atoms with E-state index in [0.29, 0.717) is 13.0 Å². The molecule has 2 aliphatic rings. The summed E-state index contributed by atoms with van der Waals surface area (Å²) in [6, 6.07) is 15.2. The Kier molecular flexibility index (Phi) is 7.67. The molecule has 0 atom stereocenters. The number of para-hydroxylation sites is 1. The summed E-state index contributed by atoms with van der Waals surface area (Å²) in [7, 11) is 0. The van der Waals surface area contributed by atoms with Crippen LogP contribution in [-0.2, 0) is 23.1 Å². The molecule has 39 heavy (non-hydrogen) atoms. The Morgan fingerprint density at radius 3 is 2.69 bits per heavy atom. The molecule has 3 amide bonds. The Bertz CT molecular complexity index is 1340. The summed E-state index contributed by atoms with van der Waals surface area (Å²) in [6.45, 7) is 6.63. The van der Waals surface area contributed by atoms with Crippen molar-refractivity contribution in [2.24, 2.45) is 0 Å². The van der Waals surface area contributed by atoms with Gasteiger partial charge >= 0.3 is 6.03 Å². The number of carbonyl (C=O) groups excluding carboxylic acids is 2. The monoisotopic (exact) mass is 528 g/mol. The summed E-state index contributed by atoms with van der Waals surface area (Å²) < 4.78 is 0. The van der Waals surface area contributed by atoms with E-state index in [1.165, 1.54) is 0 Å². The molecular formula is C30H36N6O3. The lowest BCUT2D eigenvalue weighted by atomic mass is 9.79. The van der Waals surface area contributed by atoms with E-state index in [4.69, 9.17) is 0 Å². The van der Waals surface area contributed by atoms with Crippen LogP contribution < -0.4 is 15.5 Å². The first-order valence-corrected chi connectivity index (χ1v) is 13.6. The number of aromatic hydroxyl groups is 1. The van der Waals surface area contributed by atoms with Crippen LogP contribution in [0.5, 0.6) is 5.75 Å². The van der Waals surface area contributed by atoms with Crippen molar-refractivity contribution in [2.75, 3.05) is 35.2 Å². The number of phenols is 1. The van der Waals surface area contributed by atoms with Crippen LogP contribution in [0.1, 0.15) is 49.9 Å². The van der Waals surface area contributed by atoms with E-state index in [0.717, 1.165) is 79.2 Å². The number of nitrogens with one attached hydrogen (secondary N) is 2.